The van der Waals surface area contributed by atoms with Gasteiger partial charge >= 0.3 is 7.12 Å². The highest BCUT2D eigenvalue weighted by Crippen LogP contribution is 2.42. The molecular formula is C54H54BBrF4N6O10. The lowest BCUT2D eigenvalue weighted by Gasteiger charge is -2.44. The third kappa shape index (κ3) is 11.4. The quantitative estimate of drug-likeness (QED) is 0.118. The van der Waals surface area contributed by atoms with Crippen molar-refractivity contribution in [2.45, 2.75) is 91.6 Å². The van der Waals surface area contributed by atoms with Gasteiger partial charge in [0.1, 0.15) is 50.5 Å². The number of hydrogen-bond donors (Lipinski definition) is 2. The summed E-state index contributed by atoms with van der Waals surface area (Å²) in [5.41, 5.74) is 1.83. The first kappa shape index (κ1) is 56.7. The number of Topliss-reactive ketones (excluding diaryl/α,β-unsaturated/α-hetero) is 2. The SMILES string of the molecule is C.C.Cc1cc2c(cc1-c1cnc(NC(=O)c3c(F)cccc3F)cn1)OC1(COC1)CC2=O.Cc1cc2c(cc1B1OC(C)(C)C(C)(C)O1)OC1(COC1)CC2=O.O=C(Nc1cnc(Br)cn1)c1c(F)cccc1F. The van der Waals surface area contributed by atoms with Crippen molar-refractivity contribution in [2.75, 3.05) is 37.1 Å². The lowest BCUT2D eigenvalue weighted by molar-refractivity contribution is -0.162. The number of carbonyl (C=O) groups is 4. The highest BCUT2D eigenvalue weighted by Gasteiger charge is 2.53. The van der Waals surface area contributed by atoms with Crippen LogP contribution in [-0.4, -0.2) is 99.3 Å². The molecule has 0 bridgehead atoms. The molecule has 3 fully saturated rings. The Kier molecular flexibility index (Phi) is 16.4. The van der Waals surface area contributed by atoms with Crippen molar-refractivity contribution in [1.29, 1.82) is 0 Å². The minimum Gasteiger partial charge on any atom is -0.481 e. The van der Waals surface area contributed by atoms with Crippen molar-refractivity contribution in [3.05, 3.63) is 147 Å². The van der Waals surface area contributed by atoms with Crippen molar-refractivity contribution in [2.24, 2.45) is 0 Å². The van der Waals surface area contributed by atoms with Crippen LogP contribution in [0.1, 0.15) is 108 Å². The zero-order valence-corrected chi connectivity index (χ0v) is 42.3. The van der Waals surface area contributed by atoms with Gasteiger partial charge in [0, 0.05) is 5.56 Å². The molecular weight excluding hydrogens is 1060 g/mol. The highest BCUT2D eigenvalue weighted by molar-refractivity contribution is 9.10. The van der Waals surface area contributed by atoms with Gasteiger partial charge in [-0.15, -0.1) is 0 Å². The third-order valence-electron chi connectivity index (χ3n) is 13.3. The summed E-state index contributed by atoms with van der Waals surface area (Å²) in [5, 5.41) is 4.59. The number of fused-ring (bicyclic) bond motifs is 2. The van der Waals surface area contributed by atoms with Crippen LogP contribution in [-0.2, 0) is 18.8 Å². The molecule has 6 aromatic rings. The normalized spacial score (nSPS) is 17.4. The van der Waals surface area contributed by atoms with Crippen LogP contribution < -0.4 is 25.6 Å². The number of hydrogen-bond acceptors (Lipinski definition) is 14. The van der Waals surface area contributed by atoms with E-state index in [1.807, 2.05) is 53.7 Å². The van der Waals surface area contributed by atoms with Gasteiger partial charge in [-0.05, 0) is 117 Å². The predicted molar refractivity (Wildman–Crippen MR) is 277 cm³/mol. The molecule has 76 heavy (non-hydrogen) atoms. The zero-order chi connectivity index (χ0) is 52.9. The van der Waals surface area contributed by atoms with Gasteiger partial charge in [0.05, 0.1) is 92.1 Å². The minimum absolute atomic E-state index is 0. The van der Waals surface area contributed by atoms with Crippen molar-refractivity contribution in [3.63, 3.8) is 0 Å². The summed E-state index contributed by atoms with van der Waals surface area (Å²) in [4.78, 5) is 65.0. The highest BCUT2D eigenvalue weighted by atomic mass is 79.9. The molecule has 4 aromatic carbocycles. The van der Waals surface area contributed by atoms with Gasteiger partial charge in [-0.25, -0.2) is 32.5 Å². The first-order valence-electron chi connectivity index (χ1n) is 23.1. The molecule has 2 amide bonds. The average molecular weight is 1110 g/mol. The fourth-order valence-electron chi connectivity index (χ4n) is 8.49. The second-order valence-electron chi connectivity index (χ2n) is 19.3. The van der Waals surface area contributed by atoms with Gasteiger partial charge in [-0.2, -0.15) is 0 Å². The van der Waals surface area contributed by atoms with Crippen LogP contribution in [0, 0.1) is 37.1 Å². The number of aryl methyl sites for hydroxylation is 2. The van der Waals surface area contributed by atoms with Crippen LogP contribution >= 0.6 is 15.9 Å². The molecule has 5 aliphatic heterocycles. The molecule has 0 atom stereocenters. The molecule has 16 nitrogen and oxygen atoms in total. The zero-order valence-electron chi connectivity index (χ0n) is 40.7. The first-order valence-corrected chi connectivity index (χ1v) is 23.9. The Morgan fingerprint density at radius 1 is 0.592 bits per heavy atom. The number of rotatable bonds is 6. The molecule has 11 rings (SSSR count). The average Bonchev–Trinajstić information content (AvgIpc) is 3.54. The van der Waals surface area contributed by atoms with Crippen molar-refractivity contribution < 1.29 is 65.0 Å². The topological polar surface area (TPSA) is 199 Å². The Balaban J connectivity index is 0.000000171. The minimum atomic E-state index is -0.971. The van der Waals surface area contributed by atoms with E-state index >= 15 is 0 Å². The van der Waals surface area contributed by atoms with Crippen LogP contribution in [0.15, 0.2) is 90.1 Å². The molecule has 7 heterocycles. The summed E-state index contributed by atoms with van der Waals surface area (Å²) in [5.74, 6) is -4.34. The van der Waals surface area contributed by atoms with E-state index in [1.165, 1.54) is 36.9 Å². The maximum absolute atomic E-state index is 13.8. The largest absolute Gasteiger partial charge is 0.495 e. The summed E-state index contributed by atoms with van der Waals surface area (Å²) in [6.07, 6.45) is 6.01. The molecule has 398 valence electrons. The summed E-state index contributed by atoms with van der Waals surface area (Å²) >= 11 is 3.07. The van der Waals surface area contributed by atoms with E-state index in [0.717, 1.165) is 40.9 Å². The monoisotopic (exact) mass is 1110 g/mol. The molecule has 3 saturated heterocycles. The molecule has 2 aromatic heterocycles. The van der Waals surface area contributed by atoms with Gasteiger partial charge in [0.2, 0.25) is 0 Å². The molecule has 0 radical (unpaired) electrons. The van der Waals surface area contributed by atoms with Gasteiger partial charge in [0.25, 0.3) is 11.8 Å². The van der Waals surface area contributed by atoms with E-state index in [0.29, 0.717) is 71.3 Å². The molecule has 0 saturated carbocycles. The number of ketones is 2. The molecule has 0 unspecified atom stereocenters. The Labute approximate surface area is 444 Å². The number of aromatic nitrogens is 4. The standard InChI is InChI=1S/C23H17F2N3O4.C18H23BO5.C11H6BrF2N3O.2CH4/c1-12-5-14-18(29)7-23(10-31-11-23)32-19(14)6-13(12)17-8-27-20(9-26-17)28-22(30)21-15(24)3-2-4-16(21)25;1-11-6-12-14(20)8-18(9-21-10-18)22-15(12)7-13(11)19-23-16(2,3)17(4,5)24-19;12-8-4-16-9(5-15-8)17-11(18)10-6(13)2-1-3-7(10)14;;/h2-6,8-9H,7,10-11H2,1H3,(H,27,28,30);6-7H,8-10H2,1-5H3;1-5H,(H,16,17,18);2*1H4. The maximum Gasteiger partial charge on any atom is 0.495 e. The molecule has 2 spiro atoms. The Morgan fingerprint density at radius 3 is 1.43 bits per heavy atom. The second-order valence-corrected chi connectivity index (χ2v) is 20.1. The number of nitrogens with one attached hydrogen (secondary N) is 2. The van der Waals surface area contributed by atoms with E-state index in [4.69, 9.17) is 28.3 Å². The number of halogens is 5. The van der Waals surface area contributed by atoms with Crippen LogP contribution in [0.25, 0.3) is 11.3 Å². The lowest BCUT2D eigenvalue weighted by Crippen LogP contribution is -2.57. The summed E-state index contributed by atoms with van der Waals surface area (Å²) in [6, 6.07) is 13.7. The second kappa shape index (κ2) is 21.9. The Hall–Kier alpha value is -6.98. The lowest BCUT2D eigenvalue weighted by atomic mass is 9.74. The predicted octanol–water partition coefficient (Wildman–Crippen LogP) is 9.79. The van der Waals surface area contributed by atoms with Crippen LogP contribution in [0.3, 0.4) is 0 Å². The fraction of sp³-hybridized carbons (Fsp3) is 0.333. The van der Waals surface area contributed by atoms with Crippen molar-refractivity contribution >= 4 is 63.5 Å². The van der Waals surface area contributed by atoms with E-state index in [9.17, 15) is 36.7 Å². The van der Waals surface area contributed by atoms with Crippen LogP contribution in [0.5, 0.6) is 11.5 Å². The number of anilines is 2. The van der Waals surface area contributed by atoms with E-state index < -0.39 is 75.7 Å². The molecule has 22 heteroatoms. The number of carbonyl (C=O) groups excluding carboxylic acids is 4. The van der Waals surface area contributed by atoms with Crippen LogP contribution in [0.4, 0.5) is 29.2 Å². The van der Waals surface area contributed by atoms with E-state index in [1.54, 1.807) is 12.1 Å². The third-order valence-corrected chi connectivity index (χ3v) is 13.7. The van der Waals surface area contributed by atoms with Gasteiger partial charge in [-0.3, -0.25) is 24.2 Å². The van der Waals surface area contributed by atoms with Gasteiger partial charge in [-0.1, -0.05) is 32.5 Å². The first-order chi connectivity index (χ1) is 35.1. The van der Waals surface area contributed by atoms with E-state index in [-0.39, 0.29) is 44.5 Å². The number of benzene rings is 4. The Bertz CT molecular complexity index is 3180. The van der Waals surface area contributed by atoms with Crippen LogP contribution in [0.2, 0.25) is 0 Å². The summed E-state index contributed by atoms with van der Waals surface area (Å²) in [7, 11) is -0.463. The maximum atomic E-state index is 13.8. The number of nitrogens with zero attached hydrogens (tertiary/aromatic N) is 4. The van der Waals surface area contributed by atoms with Crippen molar-refractivity contribution in [3.8, 4) is 22.8 Å². The fourth-order valence-corrected chi connectivity index (χ4v) is 8.69. The Morgan fingerprint density at radius 2 is 1.03 bits per heavy atom. The molecule has 2 N–H and O–H groups in total. The summed E-state index contributed by atoms with van der Waals surface area (Å²) in [6.45, 7) is 13.6. The van der Waals surface area contributed by atoms with Gasteiger partial charge in [0.15, 0.2) is 34.4 Å². The summed E-state index contributed by atoms with van der Waals surface area (Å²) < 4.78 is 89.7. The molecule has 0 aliphatic carbocycles. The smallest absolute Gasteiger partial charge is 0.481 e. The molecule has 5 aliphatic rings. The number of amides is 2. The number of ether oxygens (including phenoxy) is 4. The van der Waals surface area contributed by atoms with E-state index in [2.05, 4.69) is 46.5 Å². The van der Waals surface area contributed by atoms with Gasteiger partial charge < -0.3 is 38.9 Å². The van der Waals surface area contributed by atoms with Crippen molar-refractivity contribution in [1.82, 2.24) is 19.9 Å².